The van der Waals surface area contributed by atoms with Gasteiger partial charge in [0.25, 0.3) is 0 Å². The van der Waals surface area contributed by atoms with E-state index in [-0.39, 0.29) is 0 Å². The van der Waals surface area contributed by atoms with E-state index in [1.165, 1.54) is 0 Å². The summed E-state index contributed by atoms with van der Waals surface area (Å²) in [5.74, 6) is -4.54. The van der Waals surface area contributed by atoms with Gasteiger partial charge in [-0.05, 0) is 0 Å². The Morgan fingerprint density at radius 1 is 0.800 bits per heavy atom. The van der Waals surface area contributed by atoms with E-state index in [9.17, 15) is 35.9 Å². The monoisotopic (exact) mass is 253 g/mol. The number of rotatable bonds is 0. The van der Waals surface area contributed by atoms with Crippen LogP contribution in [0.25, 0.3) is 0 Å². The van der Waals surface area contributed by atoms with Crippen molar-refractivity contribution in [2.24, 2.45) is 0 Å². The first-order chi connectivity index (χ1) is 6.51. The fourth-order valence-electron chi connectivity index (χ4n) is 0.875. The molecule has 1 fully saturated rings. The first kappa shape index (κ1) is 12.1. The second-order valence-electron chi connectivity index (χ2n) is 2.61. The maximum Gasteiger partial charge on any atom is 0.858 e. The molecular weight excluding hydrogens is 253 g/mol. The molecule has 1 aliphatic heterocycles. The van der Waals surface area contributed by atoms with Crippen LogP contribution in [0.15, 0.2) is 0 Å². The van der Waals surface area contributed by atoms with Gasteiger partial charge in [-0.1, -0.05) is 0 Å². The Bertz CT molecular complexity index is 286. The fraction of sp³-hybridized carbons (Fsp3) is 0.500. The molecule has 0 aromatic rings. The highest BCUT2D eigenvalue weighted by Crippen LogP contribution is 2.44. The average Bonchev–Trinajstić information content (AvgIpc) is 2.26. The number of carbonyl (C=O) groups excluding carboxylic acids is 2. The lowest BCUT2D eigenvalue weighted by molar-refractivity contribution is -0.162. The highest BCUT2D eigenvalue weighted by Gasteiger charge is 2.86. The molecule has 1 heterocycles. The molecule has 15 heavy (non-hydrogen) atoms. The Kier molecular flexibility index (Phi) is 2.44. The molecule has 0 aromatic heterocycles. The standard InChI is InChI=1S/C2H2O4.2CF3.Al/c3-1(4)2(5)6;2*2-1(3)4;/h(H,3,4)(H,5,6);;;/q;;;+1/p-2. The Labute approximate surface area is 80.1 Å². The number of halogens is 6. The molecule has 0 aromatic carbocycles. The smallest absolute Gasteiger partial charge is 0.725 e. The minimum absolute atomic E-state index is 2.27. The maximum atomic E-state index is 12.1. The van der Waals surface area contributed by atoms with Crippen molar-refractivity contribution in [3.8, 4) is 0 Å². The van der Waals surface area contributed by atoms with Gasteiger partial charge in [0.2, 0.25) is 0 Å². The molecule has 4 nitrogen and oxygen atoms in total. The molecule has 0 unspecified atom stereocenters. The Balaban J connectivity index is 3.24. The Morgan fingerprint density at radius 3 is 1.20 bits per heavy atom. The molecule has 86 valence electrons. The van der Waals surface area contributed by atoms with Gasteiger partial charge in [0.1, 0.15) is 0 Å². The van der Waals surface area contributed by atoms with Crippen LogP contribution in [-0.4, -0.2) is 35.8 Å². The summed E-state index contributed by atoms with van der Waals surface area (Å²) in [7, 11) is 0. The van der Waals surface area contributed by atoms with E-state index in [0.29, 0.717) is 0 Å². The van der Waals surface area contributed by atoms with Gasteiger partial charge >= 0.3 is 35.8 Å². The van der Waals surface area contributed by atoms with Crippen LogP contribution in [0.1, 0.15) is 0 Å². The third-order valence-electron chi connectivity index (χ3n) is 1.57. The minimum atomic E-state index is -7.20. The zero-order valence-electron chi connectivity index (χ0n) is 6.48. The summed E-state index contributed by atoms with van der Waals surface area (Å²) in [6.07, 6.45) is 0. The van der Waals surface area contributed by atoms with E-state index >= 15 is 0 Å². The van der Waals surface area contributed by atoms with Crippen molar-refractivity contribution in [1.82, 2.24) is 0 Å². The molecule has 0 radical (unpaired) electrons. The van der Waals surface area contributed by atoms with E-state index in [1.807, 2.05) is 0 Å². The zero-order valence-corrected chi connectivity index (χ0v) is 7.63. The number of hydrogen-bond donors (Lipinski definition) is 0. The third kappa shape index (κ3) is 1.65. The number of hydrogen-bond acceptors (Lipinski definition) is 4. The van der Waals surface area contributed by atoms with Crippen LogP contribution < -0.4 is 0 Å². The first-order valence-corrected chi connectivity index (χ1v) is 5.35. The van der Waals surface area contributed by atoms with Crippen LogP contribution in [0, 0.1) is 0 Å². The molecule has 1 aliphatic rings. The van der Waals surface area contributed by atoms with Gasteiger partial charge in [0.05, 0.1) is 0 Å². The minimum Gasteiger partial charge on any atom is -0.725 e. The molecule has 0 spiro atoms. The predicted octanol–water partition coefficient (Wildman–Crippen LogP) is 0.732. The molecule has 0 aliphatic carbocycles. The normalized spacial score (nSPS) is 21.2. The lowest BCUT2D eigenvalue weighted by Gasteiger charge is -2.31. The Hall–Kier alpha value is -0.948. The summed E-state index contributed by atoms with van der Waals surface area (Å²) in [5, 5.41) is -11.8. The second kappa shape index (κ2) is 3.02. The summed E-state index contributed by atoms with van der Waals surface area (Å²) in [6.45, 7) is 0. The van der Waals surface area contributed by atoms with Crippen LogP contribution in [0.3, 0.4) is 0 Å². The molecule has 11 heteroatoms. The van der Waals surface area contributed by atoms with E-state index < -0.39 is 35.8 Å². The van der Waals surface area contributed by atoms with Crippen molar-refractivity contribution < 1.29 is 43.5 Å². The molecule has 0 N–H and O–H groups in total. The van der Waals surface area contributed by atoms with Crippen molar-refractivity contribution in [3.05, 3.63) is 0 Å². The SMILES string of the molecule is O=C1[O][Al-]([C](F)(F)F)([C](F)(F)F)[O]C1=O. The largest absolute Gasteiger partial charge is 0.858 e. The van der Waals surface area contributed by atoms with Crippen LogP contribution in [0.4, 0.5) is 26.3 Å². The van der Waals surface area contributed by atoms with Gasteiger partial charge in [-0.25, -0.2) is 35.9 Å². The van der Waals surface area contributed by atoms with Crippen molar-refractivity contribution in [2.75, 3.05) is 0 Å². The maximum absolute atomic E-state index is 12.1. The van der Waals surface area contributed by atoms with Gasteiger partial charge in [-0.2, -0.15) is 0 Å². The molecule has 1 saturated heterocycles. The topological polar surface area (TPSA) is 52.6 Å². The second-order valence-corrected chi connectivity index (χ2v) is 5.81. The predicted molar refractivity (Wildman–Crippen MR) is 30.0 cm³/mol. The van der Waals surface area contributed by atoms with Gasteiger partial charge in [0, 0.05) is 0 Å². The van der Waals surface area contributed by atoms with Crippen molar-refractivity contribution in [3.63, 3.8) is 0 Å². The molecular formula is C4AlF6O4-. The van der Waals surface area contributed by atoms with E-state index in [0.717, 1.165) is 0 Å². The van der Waals surface area contributed by atoms with Gasteiger partial charge < -0.3 is 7.58 Å². The van der Waals surface area contributed by atoms with Gasteiger partial charge in [0.15, 0.2) is 0 Å². The van der Waals surface area contributed by atoms with Crippen molar-refractivity contribution in [2.45, 2.75) is 10.1 Å². The summed E-state index contributed by atoms with van der Waals surface area (Å²) in [6, 6.07) is 0. The summed E-state index contributed by atoms with van der Waals surface area (Å²) >= 11 is -7.20. The van der Waals surface area contributed by atoms with Crippen molar-refractivity contribution >= 4 is 25.7 Å². The lowest BCUT2D eigenvalue weighted by Crippen LogP contribution is -2.64. The fourth-order valence-corrected chi connectivity index (χ4v) is 2.62. The molecule has 0 amide bonds. The lowest BCUT2D eigenvalue weighted by atomic mass is 10.7. The third-order valence-corrected chi connectivity index (χ3v) is 4.39. The summed E-state index contributed by atoms with van der Waals surface area (Å²) in [5.41, 5.74) is 0. The quantitative estimate of drug-likeness (QED) is 0.363. The number of carbonyl (C=O) groups is 2. The molecule has 0 saturated carbocycles. The molecule has 0 atom stereocenters. The Morgan fingerprint density at radius 2 is 1.07 bits per heavy atom. The van der Waals surface area contributed by atoms with Gasteiger partial charge in [-0.15, -0.1) is 0 Å². The van der Waals surface area contributed by atoms with Crippen LogP contribution in [0.2, 0.25) is 0 Å². The van der Waals surface area contributed by atoms with Gasteiger partial charge in [-0.3, -0.25) is 0 Å². The number of alkyl halides is 6. The highest BCUT2D eigenvalue weighted by molar-refractivity contribution is 6.79. The summed E-state index contributed by atoms with van der Waals surface area (Å²) < 4.78 is 78.5. The average molecular weight is 253 g/mol. The summed E-state index contributed by atoms with van der Waals surface area (Å²) in [4.78, 5) is 20.5. The van der Waals surface area contributed by atoms with E-state index in [1.54, 1.807) is 0 Å². The van der Waals surface area contributed by atoms with E-state index in [2.05, 4.69) is 7.58 Å². The van der Waals surface area contributed by atoms with Crippen molar-refractivity contribution in [1.29, 1.82) is 0 Å². The zero-order chi connectivity index (χ0) is 12.1. The van der Waals surface area contributed by atoms with E-state index in [4.69, 9.17) is 0 Å². The highest BCUT2D eigenvalue weighted by atomic mass is 27.3. The van der Waals surface area contributed by atoms with Crippen LogP contribution in [0.5, 0.6) is 0 Å². The van der Waals surface area contributed by atoms with Crippen LogP contribution >= 0.6 is 0 Å². The molecule has 1 rings (SSSR count). The molecule has 0 bridgehead atoms. The van der Waals surface area contributed by atoms with Crippen LogP contribution in [-0.2, 0) is 17.2 Å². The first-order valence-electron chi connectivity index (χ1n) is 3.25.